The number of hydrogen-bond donors (Lipinski definition) is 2. The quantitative estimate of drug-likeness (QED) is 0.766. The highest BCUT2D eigenvalue weighted by atomic mass is 32.1. The van der Waals surface area contributed by atoms with Gasteiger partial charge in [-0.2, -0.15) is 0 Å². The van der Waals surface area contributed by atoms with Crippen LogP contribution in [0.4, 0.5) is 5.13 Å². The molecule has 0 atom stereocenters. The van der Waals surface area contributed by atoms with Crippen molar-refractivity contribution in [2.24, 2.45) is 0 Å². The van der Waals surface area contributed by atoms with Crippen LogP contribution in [0.25, 0.3) is 0 Å². The van der Waals surface area contributed by atoms with Gasteiger partial charge in [0.05, 0.1) is 0 Å². The van der Waals surface area contributed by atoms with Gasteiger partial charge in [0.25, 0.3) is 5.91 Å². The van der Waals surface area contributed by atoms with Gasteiger partial charge in [-0.05, 0) is 24.8 Å². The minimum atomic E-state index is -0.137. The lowest BCUT2D eigenvalue weighted by Crippen LogP contribution is -2.35. The number of nitrogens with zero attached hydrogens (tertiary/aromatic N) is 1. The summed E-state index contributed by atoms with van der Waals surface area (Å²) in [4.78, 5) is 28.8. The van der Waals surface area contributed by atoms with Gasteiger partial charge in [-0.15, -0.1) is 11.3 Å². The van der Waals surface area contributed by atoms with Crippen molar-refractivity contribution in [3.63, 3.8) is 0 Å². The van der Waals surface area contributed by atoms with Crippen LogP contribution >= 0.6 is 11.3 Å². The van der Waals surface area contributed by atoms with E-state index in [9.17, 15) is 9.59 Å². The smallest absolute Gasteiger partial charge is 0.271 e. The summed E-state index contributed by atoms with van der Waals surface area (Å²) in [6.07, 6.45) is 9.32. The van der Waals surface area contributed by atoms with E-state index in [-0.39, 0.29) is 17.9 Å². The molecule has 144 valence electrons. The summed E-state index contributed by atoms with van der Waals surface area (Å²) in [6.45, 7) is 0. The summed E-state index contributed by atoms with van der Waals surface area (Å²) in [6, 6.07) is 10.2. The third-order valence-corrected chi connectivity index (χ3v) is 5.66. The zero-order valence-electron chi connectivity index (χ0n) is 15.6. The summed E-state index contributed by atoms with van der Waals surface area (Å²) >= 11 is 1.29. The summed E-state index contributed by atoms with van der Waals surface area (Å²) < 4.78 is 0. The normalized spacial score (nSPS) is 15.6. The van der Waals surface area contributed by atoms with E-state index in [1.807, 2.05) is 30.3 Å². The molecule has 2 N–H and O–H groups in total. The fourth-order valence-corrected chi connectivity index (χ4v) is 4.09. The summed E-state index contributed by atoms with van der Waals surface area (Å²) in [5.41, 5.74) is 1.52. The van der Waals surface area contributed by atoms with Crippen LogP contribution in [0, 0.1) is 0 Å². The Labute approximate surface area is 164 Å². The average Bonchev–Trinajstić information content (AvgIpc) is 3.11. The Balaban J connectivity index is 1.46. The molecule has 27 heavy (non-hydrogen) atoms. The monoisotopic (exact) mass is 385 g/mol. The highest BCUT2D eigenvalue weighted by Gasteiger charge is 2.17. The van der Waals surface area contributed by atoms with Gasteiger partial charge >= 0.3 is 0 Å². The third-order valence-electron chi connectivity index (χ3n) is 4.91. The van der Waals surface area contributed by atoms with Crippen LogP contribution in [0.3, 0.4) is 0 Å². The van der Waals surface area contributed by atoms with Crippen molar-refractivity contribution in [1.29, 1.82) is 0 Å². The topological polar surface area (TPSA) is 71.1 Å². The molecule has 1 aliphatic carbocycles. The number of hydrogen-bond acceptors (Lipinski definition) is 4. The maximum atomic E-state index is 12.4. The first-order valence-corrected chi connectivity index (χ1v) is 10.7. The number of carbonyl (C=O) groups excluding carboxylic acids is 2. The van der Waals surface area contributed by atoms with Crippen LogP contribution in [0.1, 0.15) is 67.4 Å². The van der Waals surface area contributed by atoms with Crippen LogP contribution in [0.2, 0.25) is 0 Å². The van der Waals surface area contributed by atoms with Crippen molar-refractivity contribution in [2.45, 2.75) is 63.8 Å². The fraction of sp³-hybridized carbons (Fsp3) is 0.476. The standard InChI is InChI=1S/C21H27N3O2S/c25-19(14-13-16-9-5-4-6-10-16)24-21-23-18(15-27-21)20(26)22-17-11-7-2-1-3-8-12-17/h4-6,9-10,15,17H,1-3,7-8,11-14H2,(H,22,26)(H,23,24,25). The molecule has 1 heterocycles. The van der Waals surface area contributed by atoms with Crippen molar-refractivity contribution in [3.05, 3.63) is 47.0 Å². The second kappa shape index (κ2) is 10.2. The number of carbonyl (C=O) groups is 2. The van der Waals surface area contributed by atoms with E-state index >= 15 is 0 Å². The number of thiazole rings is 1. The van der Waals surface area contributed by atoms with Crippen molar-refractivity contribution in [1.82, 2.24) is 10.3 Å². The number of anilines is 1. The van der Waals surface area contributed by atoms with Crippen LogP contribution in [0.5, 0.6) is 0 Å². The van der Waals surface area contributed by atoms with E-state index in [1.165, 1.54) is 43.4 Å². The number of aromatic nitrogens is 1. The molecule has 1 saturated carbocycles. The Morgan fingerprint density at radius 2 is 1.74 bits per heavy atom. The minimum absolute atomic E-state index is 0.0832. The first kappa shape index (κ1) is 19.5. The van der Waals surface area contributed by atoms with E-state index < -0.39 is 0 Å². The Morgan fingerprint density at radius 1 is 1.04 bits per heavy atom. The third kappa shape index (κ3) is 6.47. The molecule has 0 saturated heterocycles. The Hall–Kier alpha value is -2.21. The molecule has 5 nitrogen and oxygen atoms in total. The molecule has 2 aromatic rings. The van der Waals surface area contributed by atoms with Gasteiger partial charge in [-0.3, -0.25) is 9.59 Å². The molecule has 0 unspecified atom stereocenters. The largest absolute Gasteiger partial charge is 0.348 e. The van der Waals surface area contributed by atoms with Crippen LogP contribution in [0.15, 0.2) is 35.7 Å². The Morgan fingerprint density at radius 3 is 2.48 bits per heavy atom. The number of amides is 2. The average molecular weight is 386 g/mol. The van der Waals surface area contributed by atoms with Crippen molar-refractivity contribution >= 4 is 28.3 Å². The predicted octanol–water partition coefficient (Wildman–Crippen LogP) is 4.56. The van der Waals surface area contributed by atoms with E-state index in [0.717, 1.165) is 18.4 Å². The highest BCUT2D eigenvalue weighted by Crippen LogP contribution is 2.19. The summed E-state index contributed by atoms with van der Waals surface area (Å²) in [7, 11) is 0. The Kier molecular flexibility index (Phi) is 7.39. The molecule has 1 aliphatic rings. The summed E-state index contributed by atoms with van der Waals surface area (Å²) in [5, 5.41) is 8.10. The lowest BCUT2D eigenvalue weighted by Gasteiger charge is -2.20. The van der Waals surface area contributed by atoms with Crippen LogP contribution < -0.4 is 10.6 Å². The molecule has 0 radical (unpaired) electrons. The van der Waals surface area contributed by atoms with Gasteiger partial charge < -0.3 is 10.6 Å². The molecule has 2 amide bonds. The molecule has 0 spiro atoms. The van der Waals surface area contributed by atoms with E-state index in [1.54, 1.807) is 5.38 Å². The molecule has 3 rings (SSSR count). The van der Waals surface area contributed by atoms with Gasteiger partial charge in [0.15, 0.2) is 5.13 Å². The van der Waals surface area contributed by atoms with Crippen LogP contribution in [-0.4, -0.2) is 22.8 Å². The van der Waals surface area contributed by atoms with Gasteiger partial charge in [0.2, 0.25) is 5.91 Å². The van der Waals surface area contributed by atoms with E-state index in [2.05, 4.69) is 15.6 Å². The molecule has 6 heteroatoms. The first-order valence-electron chi connectivity index (χ1n) is 9.81. The minimum Gasteiger partial charge on any atom is -0.348 e. The molecule has 1 aromatic carbocycles. The molecular weight excluding hydrogens is 358 g/mol. The zero-order chi connectivity index (χ0) is 18.9. The van der Waals surface area contributed by atoms with Crippen molar-refractivity contribution in [2.75, 3.05) is 5.32 Å². The number of benzene rings is 1. The van der Waals surface area contributed by atoms with E-state index in [4.69, 9.17) is 0 Å². The number of rotatable bonds is 6. The second-order valence-electron chi connectivity index (χ2n) is 7.09. The van der Waals surface area contributed by atoms with Crippen molar-refractivity contribution < 1.29 is 9.59 Å². The molecule has 1 aromatic heterocycles. The lowest BCUT2D eigenvalue weighted by molar-refractivity contribution is -0.116. The number of aryl methyl sites for hydroxylation is 1. The molecule has 0 bridgehead atoms. The molecule has 0 aliphatic heterocycles. The highest BCUT2D eigenvalue weighted by molar-refractivity contribution is 7.14. The number of nitrogens with one attached hydrogen (secondary N) is 2. The van der Waals surface area contributed by atoms with Gasteiger partial charge in [-0.1, -0.05) is 62.4 Å². The maximum absolute atomic E-state index is 12.4. The van der Waals surface area contributed by atoms with E-state index in [0.29, 0.717) is 23.7 Å². The maximum Gasteiger partial charge on any atom is 0.271 e. The van der Waals surface area contributed by atoms with Gasteiger partial charge in [0.1, 0.15) is 5.69 Å². The van der Waals surface area contributed by atoms with Gasteiger partial charge in [-0.25, -0.2) is 4.98 Å². The first-order chi connectivity index (χ1) is 13.2. The SMILES string of the molecule is O=C(CCc1ccccc1)Nc1nc(C(=O)NC2CCCCCCC2)cs1. The summed E-state index contributed by atoms with van der Waals surface area (Å²) in [5.74, 6) is -0.221. The van der Waals surface area contributed by atoms with Crippen LogP contribution in [-0.2, 0) is 11.2 Å². The molecular formula is C21H27N3O2S. The fourth-order valence-electron chi connectivity index (χ4n) is 3.38. The van der Waals surface area contributed by atoms with Gasteiger partial charge in [0, 0.05) is 17.8 Å². The predicted molar refractivity (Wildman–Crippen MR) is 109 cm³/mol. The Bertz CT molecular complexity index is 737. The lowest BCUT2D eigenvalue weighted by atomic mass is 9.97. The van der Waals surface area contributed by atoms with Crippen molar-refractivity contribution in [3.8, 4) is 0 Å². The second-order valence-corrected chi connectivity index (χ2v) is 7.95. The molecule has 1 fully saturated rings. The zero-order valence-corrected chi connectivity index (χ0v) is 16.4.